The monoisotopic (exact) mass is 400 g/mol. The molecule has 2 aliphatic rings. The number of fused-ring (bicyclic) bond motifs is 1. The van der Waals surface area contributed by atoms with Gasteiger partial charge in [-0.2, -0.15) is 5.26 Å². The van der Waals surface area contributed by atoms with E-state index < -0.39 is 29.3 Å². The van der Waals surface area contributed by atoms with Crippen LogP contribution in [0.5, 0.6) is 0 Å². The van der Waals surface area contributed by atoms with Crippen molar-refractivity contribution in [2.75, 3.05) is 18.6 Å². The van der Waals surface area contributed by atoms with Crippen LogP contribution < -0.4 is 4.90 Å². The minimum atomic E-state index is -1.31. The summed E-state index contributed by atoms with van der Waals surface area (Å²) < 4.78 is 5.58. The van der Waals surface area contributed by atoms with E-state index in [1.54, 1.807) is 19.1 Å². The Labute approximate surface area is 173 Å². The Morgan fingerprint density at radius 3 is 2.52 bits per heavy atom. The maximum atomic E-state index is 11.8. The average molecular weight is 401 g/mol. The van der Waals surface area contributed by atoms with Crippen LogP contribution in [-0.4, -0.2) is 58.4 Å². The summed E-state index contributed by atoms with van der Waals surface area (Å²) in [5.74, 6) is -0.617. The normalized spacial score (nSPS) is 36.8. The second kappa shape index (κ2) is 8.08. The van der Waals surface area contributed by atoms with Crippen LogP contribution in [0.2, 0.25) is 0 Å². The third kappa shape index (κ3) is 3.93. The van der Waals surface area contributed by atoms with Crippen molar-refractivity contribution in [2.24, 2.45) is 5.92 Å². The fraction of sp³-hybridized carbons (Fsp3) is 0.609. The van der Waals surface area contributed by atoms with Gasteiger partial charge in [0.2, 0.25) is 0 Å². The van der Waals surface area contributed by atoms with Crippen LogP contribution in [0.1, 0.15) is 45.6 Å². The van der Waals surface area contributed by atoms with Crippen LogP contribution in [0, 0.1) is 17.2 Å². The predicted molar refractivity (Wildman–Crippen MR) is 111 cm³/mol. The minimum Gasteiger partial charge on any atom is -0.390 e. The van der Waals surface area contributed by atoms with E-state index in [0.717, 1.165) is 11.3 Å². The topological polar surface area (TPSA) is 97.0 Å². The van der Waals surface area contributed by atoms with E-state index in [4.69, 9.17) is 10.00 Å². The molecule has 6 atom stereocenters. The largest absolute Gasteiger partial charge is 0.390 e. The molecular formula is C23H32N2O4. The smallest absolute Gasteiger partial charge is 0.0991 e. The summed E-state index contributed by atoms with van der Waals surface area (Å²) >= 11 is 0. The van der Waals surface area contributed by atoms with Gasteiger partial charge in [-0.25, -0.2) is 0 Å². The van der Waals surface area contributed by atoms with Crippen molar-refractivity contribution in [3.63, 3.8) is 0 Å². The fourth-order valence-electron chi connectivity index (χ4n) is 5.23. The maximum absolute atomic E-state index is 11.8. The number of aliphatic hydroxyl groups excluding tert-OH is 1. The highest BCUT2D eigenvalue weighted by Crippen LogP contribution is 2.49. The number of benzene rings is 1. The zero-order chi connectivity index (χ0) is 21.4. The SMILES string of the molecule is CO[C@@H]1[C@H](O)CC[C@]2(O)CN(c3ccc(C#N)cc3)[C@@H](CC=C(C)C)[C@](C)(O)[C@@H]12. The Morgan fingerprint density at radius 1 is 1.31 bits per heavy atom. The summed E-state index contributed by atoms with van der Waals surface area (Å²) in [6.07, 6.45) is 2.12. The van der Waals surface area contributed by atoms with Gasteiger partial charge < -0.3 is 25.0 Å². The van der Waals surface area contributed by atoms with Gasteiger partial charge >= 0.3 is 0 Å². The van der Waals surface area contributed by atoms with Gasteiger partial charge in [0.1, 0.15) is 0 Å². The predicted octanol–water partition coefficient (Wildman–Crippen LogP) is 2.37. The molecule has 1 aliphatic heterocycles. The zero-order valence-electron chi connectivity index (χ0n) is 17.7. The molecule has 0 radical (unpaired) electrons. The van der Waals surface area contributed by atoms with E-state index in [-0.39, 0.29) is 6.04 Å². The lowest BCUT2D eigenvalue weighted by atomic mass is 9.59. The molecule has 0 amide bonds. The minimum absolute atomic E-state index is 0.321. The second-order valence-corrected chi connectivity index (χ2v) is 8.93. The van der Waals surface area contributed by atoms with Crippen LogP contribution >= 0.6 is 0 Å². The Hall–Kier alpha value is -1.91. The zero-order valence-corrected chi connectivity index (χ0v) is 17.7. The van der Waals surface area contributed by atoms with E-state index >= 15 is 0 Å². The van der Waals surface area contributed by atoms with E-state index in [9.17, 15) is 15.3 Å². The molecule has 1 saturated carbocycles. The summed E-state index contributed by atoms with van der Waals surface area (Å²) in [5, 5.41) is 43.0. The van der Waals surface area contributed by atoms with Crippen molar-refractivity contribution in [3.8, 4) is 6.07 Å². The molecule has 3 N–H and O–H groups in total. The van der Waals surface area contributed by atoms with E-state index in [2.05, 4.69) is 12.1 Å². The standard InChI is InChI=1S/C23H32N2O4/c1-15(2)5-10-19-22(3,27)21-20(29-4)18(26)11-12-23(21,28)14-25(19)17-8-6-16(13-24)7-9-17/h5-9,18-21,26-28H,10-12,14H2,1-4H3/t18-,19+,20-,21-,22+,23+/m1/s1. The fourth-order valence-corrected chi connectivity index (χ4v) is 5.23. The molecule has 1 aromatic rings. The molecule has 6 heteroatoms. The van der Waals surface area contributed by atoms with Crippen LogP contribution in [0.4, 0.5) is 5.69 Å². The third-order valence-electron chi connectivity index (χ3n) is 6.63. The number of nitrogens with zero attached hydrogens (tertiary/aromatic N) is 2. The number of methoxy groups -OCH3 is 1. The van der Waals surface area contributed by atoms with Gasteiger partial charge in [-0.3, -0.25) is 0 Å². The lowest BCUT2D eigenvalue weighted by Gasteiger charge is -2.61. The Bertz CT molecular complexity index is 794. The van der Waals surface area contributed by atoms with Gasteiger partial charge in [-0.15, -0.1) is 0 Å². The number of piperidine rings is 1. The quantitative estimate of drug-likeness (QED) is 0.672. The second-order valence-electron chi connectivity index (χ2n) is 8.93. The molecule has 1 aromatic carbocycles. The highest BCUT2D eigenvalue weighted by molar-refractivity contribution is 5.53. The van der Waals surface area contributed by atoms with Crippen molar-refractivity contribution in [2.45, 2.75) is 69.5 Å². The maximum Gasteiger partial charge on any atom is 0.0991 e. The van der Waals surface area contributed by atoms with E-state index in [1.165, 1.54) is 7.11 Å². The molecule has 2 fully saturated rings. The number of aliphatic hydroxyl groups is 3. The van der Waals surface area contributed by atoms with Crippen molar-refractivity contribution in [3.05, 3.63) is 41.5 Å². The van der Waals surface area contributed by atoms with Gasteiger partial charge in [-0.1, -0.05) is 11.6 Å². The highest BCUT2D eigenvalue weighted by Gasteiger charge is 2.63. The Morgan fingerprint density at radius 2 is 1.97 bits per heavy atom. The Kier molecular flexibility index (Phi) is 6.07. The number of ether oxygens (including phenoxy) is 1. The van der Waals surface area contributed by atoms with Crippen LogP contribution in [0.15, 0.2) is 35.9 Å². The van der Waals surface area contributed by atoms with Gasteiger partial charge in [0.05, 0.1) is 41.1 Å². The number of nitriles is 1. The third-order valence-corrected chi connectivity index (χ3v) is 6.63. The molecule has 6 nitrogen and oxygen atoms in total. The molecule has 1 saturated heterocycles. The molecule has 0 aromatic heterocycles. The van der Waals surface area contributed by atoms with Gasteiger partial charge in [0, 0.05) is 25.3 Å². The Balaban J connectivity index is 2.08. The molecule has 29 heavy (non-hydrogen) atoms. The molecule has 158 valence electrons. The van der Waals surface area contributed by atoms with E-state index in [0.29, 0.717) is 31.4 Å². The summed E-state index contributed by atoms with van der Waals surface area (Å²) in [6.45, 7) is 6.10. The van der Waals surface area contributed by atoms with Gasteiger partial charge in [0.25, 0.3) is 0 Å². The summed E-state index contributed by atoms with van der Waals surface area (Å²) in [4.78, 5) is 2.04. The number of β-amino-alcohol motifs (C(OH)–C–C–N with tert-alkyl or cyclic N) is 1. The summed E-state index contributed by atoms with van der Waals surface area (Å²) in [6, 6.07) is 9.03. The number of allylic oxidation sites excluding steroid dienone is 1. The van der Waals surface area contributed by atoms with Gasteiger partial charge in [-0.05, 0) is 64.3 Å². The van der Waals surface area contributed by atoms with Crippen LogP contribution in [-0.2, 0) is 4.74 Å². The number of hydrogen-bond donors (Lipinski definition) is 3. The van der Waals surface area contributed by atoms with E-state index in [1.807, 2.05) is 30.9 Å². The molecule has 0 spiro atoms. The summed E-state index contributed by atoms with van der Waals surface area (Å²) in [7, 11) is 1.52. The van der Waals surface area contributed by atoms with Crippen molar-refractivity contribution in [1.29, 1.82) is 5.26 Å². The molecule has 1 aliphatic carbocycles. The van der Waals surface area contributed by atoms with Gasteiger partial charge in [0.15, 0.2) is 0 Å². The first-order chi connectivity index (χ1) is 13.6. The molecule has 1 heterocycles. The first-order valence-electron chi connectivity index (χ1n) is 10.2. The van der Waals surface area contributed by atoms with Crippen LogP contribution in [0.3, 0.4) is 0 Å². The van der Waals surface area contributed by atoms with Crippen molar-refractivity contribution < 1.29 is 20.1 Å². The first-order valence-corrected chi connectivity index (χ1v) is 10.2. The summed E-state index contributed by atoms with van der Waals surface area (Å²) in [5.41, 5.74) is 0.0558. The first kappa shape index (κ1) is 21.8. The number of anilines is 1. The molecule has 3 rings (SSSR count). The molecule has 0 bridgehead atoms. The highest BCUT2D eigenvalue weighted by atomic mass is 16.5. The molecular weight excluding hydrogens is 368 g/mol. The van der Waals surface area contributed by atoms with Crippen LogP contribution in [0.25, 0.3) is 0 Å². The van der Waals surface area contributed by atoms with Crippen molar-refractivity contribution >= 4 is 5.69 Å². The van der Waals surface area contributed by atoms with Crippen molar-refractivity contribution in [1.82, 2.24) is 0 Å². The number of hydrogen-bond acceptors (Lipinski definition) is 6. The lowest BCUT2D eigenvalue weighted by molar-refractivity contribution is -0.232. The molecule has 0 unspecified atom stereocenters. The number of rotatable bonds is 4. The lowest BCUT2D eigenvalue weighted by Crippen LogP contribution is -2.75. The average Bonchev–Trinajstić information content (AvgIpc) is 2.67.